The summed E-state index contributed by atoms with van der Waals surface area (Å²) in [5.74, 6) is -0.205. The van der Waals surface area contributed by atoms with Crippen LogP contribution in [0.15, 0.2) is 47.4 Å². The number of aromatic nitrogens is 1. The number of nitrogen functional groups attached to an aromatic ring is 1. The lowest BCUT2D eigenvalue weighted by molar-refractivity contribution is 0.0986. The van der Waals surface area contributed by atoms with E-state index in [2.05, 4.69) is 4.98 Å². The minimum atomic E-state index is -0.292. The first-order valence-corrected chi connectivity index (χ1v) is 6.48. The highest BCUT2D eigenvalue weighted by Gasteiger charge is 2.17. The summed E-state index contributed by atoms with van der Waals surface area (Å²) in [6.07, 6.45) is 2.28. The molecule has 0 saturated carbocycles. The molecule has 0 aliphatic rings. The molecular weight excluding hydrogens is 254 g/mol. The molecule has 0 aliphatic carbocycles. The minimum Gasteiger partial charge on any atom is -0.399 e. The van der Waals surface area contributed by atoms with Crippen molar-refractivity contribution in [1.29, 1.82) is 0 Å². The number of nitrogens with two attached hydrogens (primary N) is 1. The molecule has 0 spiro atoms. The van der Waals surface area contributed by atoms with Gasteiger partial charge >= 0.3 is 0 Å². The minimum absolute atomic E-state index is 0.205. The number of benzene rings is 1. The fourth-order valence-corrected chi connectivity index (χ4v) is 2.00. The van der Waals surface area contributed by atoms with Crippen LogP contribution in [0, 0.1) is 0 Å². The van der Waals surface area contributed by atoms with Crippen molar-refractivity contribution in [2.45, 2.75) is 13.3 Å². The average Bonchev–Trinajstić information content (AvgIpc) is 2.44. The summed E-state index contributed by atoms with van der Waals surface area (Å²) >= 11 is 0. The summed E-state index contributed by atoms with van der Waals surface area (Å²) < 4.78 is 0. The second-order valence-corrected chi connectivity index (χ2v) is 4.49. The van der Waals surface area contributed by atoms with Crippen molar-refractivity contribution in [1.82, 2.24) is 4.98 Å². The second-order valence-electron chi connectivity index (χ2n) is 4.49. The highest BCUT2D eigenvalue weighted by molar-refractivity contribution is 6.06. The number of nitrogens with zero attached hydrogens (tertiary/aromatic N) is 1. The smallest absolute Gasteiger partial charge is 0.258 e. The predicted molar refractivity (Wildman–Crippen MR) is 79.9 cm³/mol. The molecule has 2 aromatic rings. The van der Waals surface area contributed by atoms with E-state index in [9.17, 15) is 9.59 Å². The summed E-state index contributed by atoms with van der Waals surface area (Å²) in [7, 11) is 0. The average molecular weight is 271 g/mol. The maximum Gasteiger partial charge on any atom is 0.258 e. The van der Waals surface area contributed by atoms with Crippen LogP contribution in [-0.4, -0.2) is 17.4 Å². The van der Waals surface area contributed by atoms with Gasteiger partial charge in [-0.25, -0.2) is 0 Å². The Labute approximate surface area is 117 Å². The van der Waals surface area contributed by atoms with E-state index in [4.69, 9.17) is 5.73 Å². The fourth-order valence-electron chi connectivity index (χ4n) is 2.00. The molecule has 3 N–H and O–H groups in total. The normalized spacial score (nSPS) is 10.2. The maximum atomic E-state index is 12.5. The predicted octanol–water partition coefficient (Wildman–Crippen LogP) is 2.01. The maximum absolute atomic E-state index is 12.5. The van der Waals surface area contributed by atoms with Crippen LogP contribution in [-0.2, 0) is 0 Å². The molecular formula is C15H17N3O2. The number of carbonyl (C=O) groups excluding carboxylic acids is 1. The van der Waals surface area contributed by atoms with Gasteiger partial charge in [0.05, 0.1) is 0 Å². The lowest BCUT2D eigenvalue weighted by atomic mass is 10.2. The zero-order valence-electron chi connectivity index (χ0n) is 11.3. The lowest BCUT2D eigenvalue weighted by Gasteiger charge is -2.22. The Morgan fingerprint density at radius 1 is 1.30 bits per heavy atom. The Balaban J connectivity index is 2.38. The third kappa shape index (κ3) is 3.06. The number of carbonyl (C=O) groups is 1. The van der Waals surface area contributed by atoms with Crippen molar-refractivity contribution in [3.05, 3.63) is 58.5 Å². The van der Waals surface area contributed by atoms with Crippen LogP contribution >= 0.6 is 0 Å². The first-order chi connectivity index (χ1) is 9.61. The molecule has 104 valence electrons. The summed E-state index contributed by atoms with van der Waals surface area (Å²) in [6.45, 7) is 2.56. The van der Waals surface area contributed by atoms with Crippen molar-refractivity contribution >= 4 is 17.3 Å². The summed E-state index contributed by atoms with van der Waals surface area (Å²) in [5.41, 5.74) is 7.17. The van der Waals surface area contributed by atoms with E-state index >= 15 is 0 Å². The Hall–Kier alpha value is -2.56. The second kappa shape index (κ2) is 6.06. The molecule has 20 heavy (non-hydrogen) atoms. The van der Waals surface area contributed by atoms with Crippen molar-refractivity contribution in [3.8, 4) is 0 Å². The van der Waals surface area contributed by atoms with E-state index in [0.717, 1.165) is 12.1 Å². The topological polar surface area (TPSA) is 79.2 Å². The van der Waals surface area contributed by atoms with Crippen molar-refractivity contribution in [3.63, 3.8) is 0 Å². The SMILES string of the molecule is CCCN(C(=O)c1cc[nH]c(=O)c1)c1cccc(N)c1. The van der Waals surface area contributed by atoms with Gasteiger partial charge < -0.3 is 15.6 Å². The number of anilines is 2. The van der Waals surface area contributed by atoms with E-state index in [0.29, 0.717) is 17.8 Å². The van der Waals surface area contributed by atoms with Crippen LogP contribution in [0.25, 0.3) is 0 Å². The van der Waals surface area contributed by atoms with Crippen LogP contribution in [0.5, 0.6) is 0 Å². The van der Waals surface area contributed by atoms with E-state index in [1.807, 2.05) is 13.0 Å². The van der Waals surface area contributed by atoms with Gasteiger partial charge in [0, 0.05) is 35.7 Å². The van der Waals surface area contributed by atoms with Gasteiger partial charge in [-0.15, -0.1) is 0 Å². The van der Waals surface area contributed by atoms with Crippen LogP contribution in [0.3, 0.4) is 0 Å². The molecule has 1 heterocycles. The van der Waals surface area contributed by atoms with Gasteiger partial charge in [-0.3, -0.25) is 9.59 Å². The molecule has 2 rings (SSSR count). The van der Waals surface area contributed by atoms with Crippen LogP contribution in [0.2, 0.25) is 0 Å². The van der Waals surface area contributed by atoms with E-state index in [1.54, 1.807) is 29.2 Å². The molecule has 0 fully saturated rings. The van der Waals surface area contributed by atoms with Gasteiger partial charge in [0.15, 0.2) is 0 Å². The van der Waals surface area contributed by atoms with E-state index in [1.165, 1.54) is 12.3 Å². The highest BCUT2D eigenvalue weighted by Crippen LogP contribution is 2.20. The molecule has 0 unspecified atom stereocenters. The van der Waals surface area contributed by atoms with Crippen LogP contribution in [0.4, 0.5) is 11.4 Å². The van der Waals surface area contributed by atoms with Crippen LogP contribution < -0.4 is 16.2 Å². The van der Waals surface area contributed by atoms with E-state index < -0.39 is 0 Å². The molecule has 0 aliphatic heterocycles. The van der Waals surface area contributed by atoms with E-state index in [-0.39, 0.29) is 11.5 Å². The Bertz CT molecular complexity index is 664. The Morgan fingerprint density at radius 3 is 2.75 bits per heavy atom. The zero-order valence-corrected chi connectivity index (χ0v) is 11.3. The third-order valence-corrected chi connectivity index (χ3v) is 2.90. The van der Waals surface area contributed by atoms with Gasteiger partial charge in [0.1, 0.15) is 0 Å². The molecule has 0 saturated heterocycles. The third-order valence-electron chi connectivity index (χ3n) is 2.90. The van der Waals surface area contributed by atoms with Gasteiger partial charge in [-0.1, -0.05) is 13.0 Å². The lowest BCUT2D eigenvalue weighted by Crippen LogP contribution is -2.32. The standard InChI is InChI=1S/C15H17N3O2/c1-2-8-18(13-5-3-4-12(16)10-13)15(20)11-6-7-17-14(19)9-11/h3-7,9-10H,2,8,16H2,1H3,(H,17,19). The zero-order chi connectivity index (χ0) is 14.5. The van der Waals surface area contributed by atoms with Gasteiger partial charge in [-0.2, -0.15) is 0 Å². The van der Waals surface area contributed by atoms with Crippen molar-refractivity contribution < 1.29 is 4.79 Å². The summed E-state index contributed by atoms with van der Waals surface area (Å²) in [4.78, 5) is 28.0. The summed E-state index contributed by atoms with van der Waals surface area (Å²) in [5, 5.41) is 0. The Kier molecular flexibility index (Phi) is 4.20. The molecule has 5 nitrogen and oxygen atoms in total. The molecule has 1 amide bonds. The van der Waals surface area contributed by atoms with Crippen molar-refractivity contribution in [2.24, 2.45) is 0 Å². The largest absolute Gasteiger partial charge is 0.399 e. The van der Waals surface area contributed by atoms with Crippen molar-refractivity contribution in [2.75, 3.05) is 17.2 Å². The molecule has 0 bridgehead atoms. The number of hydrogen-bond acceptors (Lipinski definition) is 3. The van der Waals surface area contributed by atoms with Gasteiger partial charge in [0.25, 0.3) is 5.91 Å². The number of H-pyrrole nitrogens is 1. The molecule has 1 aromatic heterocycles. The first kappa shape index (κ1) is 13.9. The molecule has 0 radical (unpaired) electrons. The van der Waals surface area contributed by atoms with Crippen LogP contribution in [0.1, 0.15) is 23.7 Å². The first-order valence-electron chi connectivity index (χ1n) is 6.48. The molecule has 5 heteroatoms. The monoisotopic (exact) mass is 271 g/mol. The molecule has 0 atom stereocenters. The number of amides is 1. The van der Waals surface area contributed by atoms with Gasteiger partial charge in [-0.05, 0) is 30.7 Å². The number of rotatable bonds is 4. The quantitative estimate of drug-likeness (QED) is 0.835. The molecule has 1 aromatic carbocycles. The number of hydrogen-bond donors (Lipinski definition) is 2. The fraction of sp³-hybridized carbons (Fsp3) is 0.200. The Morgan fingerprint density at radius 2 is 2.10 bits per heavy atom. The number of nitrogens with one attached hydrogen (secondary N) is 1. The number of aromatic amines is 1. The highest BCUT2D eigenvalue weighted by atomic mass is 16.2. The number of pyridine rings is 1. The summed E-state index contributed by atoms with van der Waals surface area (Å²) in [6, 6.07) is 10.1. The van der Waals surface area contributed by atoms with Gasteiger partial charge in [0.2, 0.25) is 5.56 Å².